The van der Waals surface area contributed by atoms with Crippen LogP contribution in [0.1, 0.15) is 25.2 Å². The van der Waals surface area contributed by atoms with Gasteiger partial charge in [-0.05, 0) is 24.6 Å². The van der Waals surface area contributed by atoms with Crippen molar-refractivity contribution < 1.29 is 0 Å². The van der Waals surface area contributed by atoms with Crippen LogP contribution in [0.3, 0.4) is 0 Å². The van der Waals surface area contributed by atoms with Gasteiger partial charge in [0, 0.05) is 25.7 Å². The van der Waals surface area contributed by atoms with E-state index in [4.69, 9.17) is 5.73 Å². The molecule has 3 N–H and O–H groups in total. The molecule has 18 heavy (non-hydrogen) atoms. The highest BCUT2D eigenvalue weighted by atomic mass is 15.0. The molecule has 0 saturated carbocycles. The van der Waals surface area contributed by atoms with Crippen molar-refractivity contribution in [2.75, 3.05) is 13.2 Å². The van der Waals surface area contributed by atoms with E-state index in [-0.39, 0.29) is 5.41 Å². The minimum atomic E-state index is 0.0545. The van der Waals surface area contributed by atoms with Crippen LogP contribution in [0, 0.1) is 6.92 Å². The second-order valence-electron chi connectivity index (χ2n) is 5.44. The van der Waals surface area contributed by atoms with Gasteiger partial charge in [-0.2, -0.15) is 0 Å². The normalized spacial score (nSPS) is 12.3. The summed E-state index contributed by atoms with van der Waals surface area (Å²) in [6.45, 7) is 7.83. The van der Waals surface area contributed by atoms with Gasteiger partial charge in [-0.1, -0.05) is 19.9 Å². The summed E-state index contributed by atoms with van der Waals surface area (Å²) in [5, 5.41) is 3.20. The van der Waals surface area contributed by atoms with E-state index in [9.17, 15) is 0 Å². The van der Waals surface area contributed by atoms with E-state index in [0.717, 1.165) is 17.9 Å². The minimum Gasteiger partial charge on any atom is -0.331 e. The van der Waals surface area contributed by atoms with Crippen LogP contribution in [-0.4, -0.2) is 22.8 Å². The maximum Gasteiger partial charge on any atom is 0.106 e. The molecule has 0 amide bonds. The van der Waals surface area contributed by atoms with Crippen molar-refractivity contribution in [3.63, 3.8) is 0 Å². The van der Waals surface area contributed by atoms with Gasteiger partial charge in [0.15, 0.2) is 0 Å². The summed E-state index contributed by atoms with van der Waals surface area (Å²) >= 11 is 0. The first-order valence-electron chi connectivity index (χ1n) is 6.30. The molecular weight excluding hydrogens is 224 g/mol. The van der Waals surface area contributed by atoms with E-state index in [1.54, 1.807) is 0 Å². The van der Waals surface area contributed by atoms with E-state index in [1.807, 2.05) is 14.0 Å². The topological polar surface area (TPSA) is 55.9 Å². The monoisotopic (exact) mass is 246 g/mol. The first kappa shape index (κ1) is 13.1. The van der Waals surface area contributed by atoms with Crippen molar-refractivity contribution in [1.82, 2.24) is 14.9 Å². The third-order valence-corrected chi connectivity index (χ3v) is 3.60. The van der Waals surface area contributed by atoms with Crippen molar-refractivity contribution in [3.05, 3.63) is 29.6 Å². The number of fused-ring (bicyclic) bond motifs is 1. The van der Waals surface area contributed by atoms with Gasteiger partial charge in [0.25, 0.3) is 0 Å². The molecule has 4 nitrogen and oxygen atoms in total. The van der Waals surface area contributed by atoms with E-state index >= 15 is 0 Å². The largest absolute Gasteiger partial charge is 0.331 e. The highest BCUT2D eigenvalue weighted by Gasteiger charge is 2.20. The zero-order valence-electron chi connectivity index (χ0n) is 11.6. The maximum absolute atomic E-state index is 5.50. The van der Waals surface area contributed by atoms with Crippen LogP contribution < -0.4 is 11.1 Å². The molecule has 4 heteroatoms. The molecule has 0 radical (unpaired) electrons. The van der Waals surface area contributed by atoms with E-state index in [1.165, 1.54) is 11.1 Å². The van der Waals surface area contributed by atoms with Crippen LogP contribution in [0.15, 0.2) is 18.2 Å². The average molecular weight is 246 g/mol. The smallest absolute Gasteiger partial charge is 0.106 e. The van der Waals surface area contributed by atoms with Gasteiger partial charge in [-0.25, -0.2) is 4.98 Å². The predicted octanol–water partition coefficient (Wildman–Crippen LogP) is 1.67. The van der Waals surface area contributed by atoms with E-state index in [0.29, 0.717) is 6.67 Å². The molecule has 1 heterocycles. The molecule has 0 aliphatic carbocycles. The molecule has 0 aliphatic rings. The molecule has 98 valence electrons. The Kier molecular flexibility index (Phi) is 3.41. The highest BCUT2D eigenvalue weighted by Crippen LogP contribution is 2.26. The number of benzene rings is 1. The van der Waals surface area contributed by atoms with Gasteiger partial charge in [0.1, 0.15) is 5.82 Å². The third-order valence-electron chi connectivity index (χ3n) is 3.60. The van der Waals surface area contributed by atoms with Gasteiger partial charge in [-0.15, -0.1) is 0 Å². The lowest BCUT2D eigenvalue weighted by atomic mass is 9.84. The number of nitrogens with one attached hydrogen (secondary N) is 1. The highest BCUT2D eigenvalue weighted by molar-refractivity contribution is 5.77. The Balaban J connectivity index is 2.40. The number of hydrogen-bond donors (Lipinski definition) is 2. The molecule has 0 bridgehead atoms. The van der Waals surface area contributed by atoms with Crippen LogP contribution in [0.25, 0.3) is 11.0 Å². The molecule has 0 aliphatic heterocycles. The Labute approximate surface area is 108 Å². The summed E-state index contributed by atoms with van der Waals surface area (Å²) in [7, 11) is 2.05. The summed E-state index contributed by atoms with van der Waals surface area (Å²) < 4.78 is 2.12. The number of hydrogen-bond acceptors (Lipinski definition) is 3. The fourth-order valence-electron chi connectivity index (χ4n) is 2.23. The predicted molar refractivity (Wildman–Crippen MR) is 75.5 cm³/mol. The molecule has 0 fully saturated rings. The SMILES string of the molecule is Cc1nc2cc(C(C)(C)CNCN)ccc2n1C. The molecular formula is C14H22N4. The van der Waals surface area contributed by atoms with Crippen molar-refractivity contribution in [3.8, 4) is 0 Å². The lowest BCUT2D eigenvalue weighted by Crippen LogP contribution is -2.35. The Hall–Kier alpha value is -1.39. The number of nitrogens with two attached hydrogens (primary N) is 1. The Morgan fingerprint density at radius 2 is 2.11 bits per heavy atom. The summed E-state index contributed by atoms with van der Waals surface area (Å²) in [6, 6.07) is 6.51. The van der Waals surface area contributed by atoms with Gasteiger partial charge in [0.2, 0.25) is 0 Å². The van der Waals surface area contributed by atoms with Crippen molar-refractivity contribution in [2.45, 2.75) is 26.2 Å². The Morgan fingerprint density at radius 3 is 2.78 bits per heavy atom. The molecule has 1 aromatic carbocycles. The first-order valence-corrected chi connectivity index (χ1v) is 6.30. The molecule has 2 aromatic rings. The summed E-state index contributed by atoms with van der Waals surface area (Å²) in [5.41, 5.74) is 9.08. The van der Waals surface area contributed by atoms with Crippen LogP contribution in [0.5, 0.6) is 0 Å². The second-order valence-corrected chi connectivity index (χ2v) is 5.44. The molecule has 0 saturated heterocycles. The molecule has 1 aromatic heterocycles. The van der Waals surface area contributed by atoms with Crippen molar-refractivity contribution in [2.24, 2.45) is 12.8 Å². The molecule has 0 unspecified atom stereocenters. The third kappa shape index (κ3) is 2.26. The molecule has 0 spiro atoms. The fourth-order valence-corrected chi connectivity index (χ4v) is 2.23. The summed E-state index contributed by atoms with van der Waals surface area (Å²) in [4.78, 5) is 4.58. The fraction of sp³-hybridized carbons (Fsp3) is 0.500. The summed E-state index contributed by atoms with van der Waals surface area (Å²) in [6.07, 6.45) is 0. The van der Waals surface area contributed by atoms with E-state index in [2.05, 4.69) is 46.9 Å². The van der Waals surface area contributed by atoms with Crippen LogP contribution in [0.4, 0.5) is 0 Å². The average Bonchev–Trinajstić information content (AvgIpc) is 2.62. The summed E-state index contributed by atoms with van der Waals surface area (Å²) in [5.74, 6) is 1.04. The van der Waals surface area contributed by atoms with Gasteiger partial charge < -0.3 is 15.6 Å². The van der Waals surface area contributed by atoms with Gasteiger partial charge >= 0.3 is 0 Å². The van der Waals surface area contributed by atoms with Crippen molar-refractivity contribution in [1.29, 1.82) is 0 Å². The first-order chi connectivity index (χ1) is 8.45. The quantitative estimate of drug-likeness (QED) is 0.807. The lowest BCUT2D eigenvalue weighted by Gasteiger charge is -2.25. The number of imidazole rings is 1. The Morgan fingerprint density at radius 1 is 1.39 bits per heavy atom. The zero-order valence-corrected chi connectivity index (χ0v) is 11.6. The maximum atomic E-state index is 5.50. The van der Waals surface area contributed by atoms with Crippen molar-refractivity contribution >= 4 is 11.0 Å². The number of aromatic nitrogens is 2. The van der Waals surface area contributed by atoms with Crippen LogP contribution in [-0.2, 0) is 12.5 Å². The number of aryl methyl sites for hydroxylation is 2. The zero-order chi connectivity index (χ0) is 13.3. The van der Waals surface area contributed by atoms with Crippen LogP contribution in [0.2, 0.25) is 0 Å². The molecule has 2 rings (SSSR count). The second kappa shape index (κ2) is 4.71. The van der Waals surface area contributed by atoms with Gasteiger partial charge in [0.05, 0.1) is 11.0 Å². The molecule has 0 atom stereocenters. The van der Waals surface area contributed by atoms with Gasteiger partial charge in [-0.3, -0.25) is 0 Å². The Bertz CT molecular complexity index is 554. The minimum absolute atomic E-state index is 0.0545. The van der Waals surface area contributed by atoms with E-state index < -0.39 is 0 Å². The standard InChI is InChI=1S/C14H22N4/c1-10-17-12-7-11(5-6-13(12)18(10)4)14(2,3)8-16-9-15/h5-7,16H,8-9,15H2,1-4H3. The lowest BCUT2D eigenvalue weighted by molar-refractivity contribution is 0.475. The van der Waals surface area contributed by atoms with Crippen LogP contribution >= 0.6 is 0 Å². The number of nitrogens with zero attached hydrogens (tertiary/aromatic N) is 2. The number of rotatable bonds is 4.